The molecule has 0 aliphatic heterocycles. The molecule has 0 unspecified atom stereocenters. The van der Waals surface area contributed by atoms with Crippen molar-refractivity contribution in [2.75, 3.05) is 5.32 Å². The predicted octanol–water partition coefficient (Wildman–Crippen LogP) is 3.98. The zero-order valence-electron chi connectivity index (χ0n) is 11.0. The van der Waals surface area contributed by atoms with Gasteiger partial charge in [0.1, 0.15) is 0 Å². The summed E-state index contributed by atoms with van der Waals surface area (Å²) in [7, 11) is 0. The maximum Gasteiger partial charge on any atom is 0.256 e. The Hall–Kier alpha value is -2.59. The molecule has 0 atom stereocenters. The van der Waals surface area contributed by atoms with Gasteiger partial charge in [0.2, 0.25) is 0 Å². The molecule has 21 heavy (non-hydrogen) atoms. The molecule has 104 valence electrons. The quantitative estimate of drug-likeness (QED) is 0.768. The summed E-state index contributed by atoms with van der Waals surface area (Å²) in [6, 6.07) is 18.3. The fourth-order valence-electron chi connectivity index (χ4n) is 1.97. The van der Waals surface area contributed by atoms with Crippen LogP contribution in [0.15, 0.2) is 60.7 Å². The van der Waals surface area contributed by atoms with E-state index in [2.05, 4.69) is 15.5 Å². The number of carbonyl (C=O) groups is 1. The molecule has 0 spiro atoms. The van der Waals surface area contributed by atoms with Crippen molar-refractivity contribution in [1.82, 2.24) is 10.2 Å². The highest BCUT2D eigenvalue weighted by atomic mass is 35.5. The molecule has 1 heterocycles. The number of H-pyrrole nitrogens is 1. The van der Waals surface area contributed by atoms with Gasteiger partial charge in [-0.1, -0.05) is 48.0 Å². The maximum absolute atomic E-state index is 12.1. The second-order valence-corrected chi connectivity index (χ2v) is 4.93. The first kappa shape index (κ1) is 13.4. The molecular formula is C16H12ClN3O. The van der Waals surface area contributed by atoms with Gasteiger partial charge in [-0.15, -0.1) is 0 Å². The Morgan fingerprint density at radius 1 is 1.05 bits per heavy atom. The minimum atomic E-state index is -0.247. The van der Waals surface area contributed by atoms with E-state index in [9.17, 15) is 4.79 Å². The van der Waals surface area contributed by atoms with E-state index in [1.165, 1.54) is 0 Å². The lowest BCUT2D eigenvalue weighted by Gasteiger charge is -2.01. The zero-order chi connectivity index (χ0) is 14.7. The molecule has 0 fully saturated rings. The molecule has 0 bridgehead atoms. The lowest BCUT2D eigenvalue weighted by Crippen LogP contribution is -2.11. The number of halogens is 1. The van der Waals surface area contributed by atoms with Gasteiger partial charge in [-0.3, -0.25) is 9.89 Å². The van der Waals surface area contributed by atoms with Gasteiger partial charge in [-0.2, -0.15) is 5.10 Å². The molecule has 1 aromatic heterocycles. The molecule has 2 aromatic carbocycles. The van der Waals surface area contributed by atoms with Crippen LogP contribution >= 0.6 is 11.6 Å². The molecule has 2 N–H and O–H groups in total. The number of aromatic nitrogens is 2. The number of nitrogens with one attached hydrogen (secondary N) is 2. The molecule has 0 radical (unpaired) electrons. The van der Waals surface area contributed by atoms with Crippen LogP contribution in [-0.4, -0.2) is 16.1 Å². The van der Waals surface area contributed by atoms with Crippen molar-refractivity contribution < 1.29 is 4.79 Å². The number of rotatable bonds is 3. The molecule has 5 heteroatoms. The summed E-state index contributed by atoms with van der Waals surface area (Å²) < 4.78 is 0. The average molecular weight is 298 g/mol. The minimum absolute atomic E-state index is 0.247. The number of hydrogen-bond donors (Lipinski definition) is 2. The summed E-state index contributed by atoms with van der Waals surface area (Å²) >= 11 is 5.87. The molecular weight excluding hydrogens is 286 g/mol. The van der Waals surface area contributed by atoms with Crippen LogP contribution in [0.5, 0.6) is 0 Å². The van der Waals surface area contributed by atoms with E-state index in [1.807, 2.05) is 30.3 Å². The monoisotopic (exact) mass is 297 g/mol. The van der Waals surface area contributed by atoms with E-state index in [0.717, 1.165) is 11.3 Å². The van der Waals surface area contributed by atoms with Crippen molar-refractivity contribution in [3.05, 3.63) is 71.2 Å². The van der Waals surface area contributed by atoms with Crippen LogP contribution in [-0.2, 0) is 0 Å². The summed E-state index contributed by atoms with van der Waals surface area (Å²) in [5.74, 6) is 0.224. The lowest BCUT2D eigenvalue weighted by atomic mass is 10.1. The van der Waals surface area contributed by atoms with Crippen molar-refractivity contribution in [2.24, 2.45) is 0 Å². The second kappa shape index (κ2) is 5.81. The first-order chi connectivity index (χ1) is 10.2. The van der Waals surface area contributed by atoms with E-state index in [-0.39, 0.29) is 5.91 Å². The lowest BCUT2D eigenvalue weighted by molar-refractivity contribution is 0.102. The van der Waals surface area contributed by atoms with Gasteiger partial charge in [-0.05, 0) is 23.8 Å². The third-order valence-corrected chi connectivity index (χ3v) is 3.23. The first-order valence-electron chi connectivity index (χ1n) is 6.40. The fourth-order valence-corrected chi connectivity index (χ4v) is 2.16. The van der Waals surface area contributed by atoms with Crippen LogP contribution in [0.2, 0.25) is 5.02 Å². The largest absolute Gasteiger partial charge is 0.305 e. The SMILES string of the molecule is O=C(Nc1cc(-c2ccccc2)[nH]n1)c1cccc(Cl)c1. The van der Waals surface area contributed by atoms with E-state index >= 15 is 0 Å². The third-order valence-electron chi connectivity index (χ3n) is 2.99. The maximum atomic E-state index is 12.1. The zero-order valence-corrected chi connectivity index (χ0v) is 11.8. The highest BCUT2D eigenvalue weighted by molar-refractivity contribution is 6.31. The Morgan fingerprint density at radius 3 is 2.62 bits per heavy atom. The Balaban J connectivity index is 1.77. The van der Waals surface area contributed by atoms with Crippen LogP contribution in [0.25, 0.3) is 11.3 Å². The Morgan fingerprint density at radius 2 is 1.86 bits per heavy atom. The van der Waals surface area contributed by atoms with Gasteiger partial charge in [0.25, 0.3) is 5.91 Å². The van der Waals surface area contributed by atoms with E-state index in [1.54, 1.807) is 30.3 Å². The Bertz CT molecular complexity index is 768. The van der Waals surface area contributed by atoms with Gasteiger partial charge in [0, 0.05) is 16.7 Å². The summed E-state index contributed by atoms with van der Waals surface area (Å²) in [5, 5.41) is 10.2. The molecule has 3 rings (SSSR count). The molecule has 0 saturated carbocycles. The molecule has 1 amide bonds. The molecule has 0 saturated heterocycles. The molecule has 0 aliphatic rings. The van der Waals surface area contributed by atoms with Gasteiger partial charge in [0.05, 0.1) is 5.69 Å². The van der Waals surface area contributed by atoms with Crippen molar-refractivity contribution in [3.63, 3.8) is 0 Å². The highest BCUT2D eigenvalue weighted by Gasteiger charge is 2.09. The van der Waals surface area contributed by atoms with Gasteiger partial charge < -0.3 is 5.32 Å². The van der Waals surface area contributed by atoms with Gasteiger partial charge in [-0.25, -0.2) is 0 Å². The number of benzene rings is 2. The first-order valence-corrected chi connectivity index (χ1v) is 6.78. The number of amides is 1. The standard InChI is InChI=1S/C16H12ClN3O/c17-13-8-4-7-12(9-13)16(21)18-15-10-14(19-20-15)11-5-2-1-3-6-11/h1-10H,(H2,18,19,20,21). The van der Waals surface area contributed by atoms with E-state index in [0.29, 0.717) is 16.4 Å². The summed E-state index contributed by atoms with van der Waals surface area (Å²) in [4.78, 5) is 12.1. The Labute approximate surface area is 126 Å². The number of aromatic amines is 1. The summed E-state index contributed by atoms with van der Waals surface area (Å²) in [6.07, 6.45) is 0. The van der Waals surface area contributed by atoms with Crippen molar-refractivity contribution in [3.8, 4) is 11.3 Å². The van der Waals surface area contributed by atoms with Gasteiger partial charge >= 0.3 is 0 Å². The number of hydrogen-bond acceptors (Lipinski definition) is 2. The van der Waals surface area contributed by atoms with Crippen molar-refractivity contribution in [1.29, 1.82) is 0 Å². The van der Waals surface area contributed by atoms with E-state index < -0.39 is 0 Å². The van der Waals surface area contributed by atoms with Crippen LogP contribution in [0.3, 0.4) is 0 Å². The normalized spacial score (nSPS) is 10.3. The number of anilines is 1. The van der Waals surface area contributed by atoms with Crippen LogP contribution < -0.4 is 5.32 Å². The summed E-state index contributed by atoms with van der Waals surface area (Å²) in [5.41, 5.74) is 2.34. The topological polar surface area (TPSA) is 57.8 Å². The fraction of sp³-hybridized carbons (Fsp3) is 0. The van der Waals surface area contributed by atoms with Gasteiger partial charge in [0.15, 0.2) is 5.82 Å². The van der Waals surface area contributed by atoms with Crippen molar-refractivity contribution >= 4 is 23.3 Å². The third kappa shape index (κ3) is 3.12. The molecule has 4 nitrogen and oxygen atoms in total. The molecule has 3 aromatic rings. The molecule has 0 aliphatic carbocycles. The van der Waals surface area contributed by atoms with Crippen LogP contribution in [0.4, 0.5) is 5.82 Å². The van der Waals surface area contributed by atoms with Crippen molar-refractivity contribution in [2.45, 2.75) is 0 Å². The van der Waals surface area contributed by atoms with E-state index in [4.69, 9.17) is 11.6 Å². The Kier molecular flexibility index (Phi) is 3.71. The predicted molar refractivity (Wildman–Crippen MR) is 83.4 cm³/mol. The second-order valence-electron chi connectivity index (χ2n) is 4.50. The number of carbonyl (C=O) groups excluding carboxylic acids is 1. The average Bonchev–Trinajstić information content (AvgIpc) is 2.97. The highest BCUT2D eigenvalue weighted by Crippen LogP contribution is 2.19. The summed E-state index contributed by atoms with van der Waals surface area (Å²) in [6.45, 7) is 0. The number of nitrogens with zero attached hydrogens (tertiary/aromatic N) is 1. The minimum Gasteiger partial charge on any atom is -0.305 e. The van der Waals surface area contributed by atoms with Crippen LogP contribution in [0.1, 0.15) is 10.4 Å². The van der Waals surface area contributed by atoms with Crippen LogP contribution in [0, 0.1) is 0 Å². The smallest absolute Gasteiger partial charge is 0.256 e.